The van der Waals surface area contributed by atoms with Gasteiger partial charge in [-0.25, -0.2) is 0 Å². The van der Waals surface area contributed by atoms with Gasteiger partial charge in [-0.3, -0.25) is 0 Å². The summed E-state index contributed by atoms with van der Waals surface area (Å²) in [5, 5.41) is 9.62. The van der Waals surface area contributed by atoms with Gasteiger partial charge in [0.25, 0.3) is 0 Å². The molecule has 0 radical (unpaired) electrons. The van der Waals surface area contributed by atoms with E-state index in [9.17, 15) is 5.26 Å². The van der Waals surface area contributed by atoms with E-state index in [4.69, 9.17) is 0 Å². The van der Waals surface area contributed by atoms with Crippen molar-refractivity contribution in [3.8, 4) is 6.07 Å². The van der Waals surface area contributed by atoms with Crippen LogP contribution < -0.4 is 4.90 Å². The number of nitriles is 1. The van der Waals surface area contributed by atoms with Crippen LogP contribution in [0.3, 0.4) is 0 Å². The molecule has 134 valence electrons. The Hall–Kier alpha value is -1.79. The number of benzene rings is 2. The lowest BCUT2D eigenvalue weighted by Crippen LogP contribution is -2.31. The normalized spacial score (nSPS) is 18.2. The molecule has 26 heavy (non-hydrogen) atoms. The minimum Gasteiger partial charge on any atom is -0.366 e. The molecular formula is C23H25BrN2. The van der Waals surface area contributed by atoms with Crippen molar-refractivity contribution < 1.29 is 0 Å². The smallest absolute Gasteiger partial charge is 0.0769 e. The van der Waals surface area contributed by atoms with Crippen molar-refractivity contribution in [2.24, 2.45) is 0 Å². The van der Waals surface area contributed by atoms with E-state index < -0.39 is 5.41 Å². The average molecular weight is 409 g/mol. The second-order valence-corrected chi connectivity index (χ2v) is 9.31. The Bertz CT molecular complexity index is 872. The van der Waals surface area contributed by atoms with Crippen LogP contribution in [0.25, 0.3) is 0 Å². The summed E-state index contributed by atoms with van der Waals surface area (Å²) in [6.07, 6.45) is 5.26. The zero-order valence-corrected chi connectivity index (χ0v) is 17.1. The van der Waals surface area contributed by atoms with Crippen LogP contribution in [0.4, 0.5) is 5.69 Å². The molecule has 1 spiro atoms. The van der Waals surface area contributed by atoms with Crippen LogP contribution in [0.2, 0.25) is 0 Å². The molecule has 1 aliphatic carbocycles. The highest BCUT2D eigenvalue weighted by Crippen LogP contribution is 2.51. The van der Waals surface area contributed by atoms with Crippen molar-refractivity contribution in [2.75, 3.05) is 11.4 Å². The molecule has 0 aromatic heterocycles. The van der Waals surface area contributed by atoms with Crippen molar-refractivity contribution in [3.63, 3.8) is 0 Å². The summed E-state index contributed by atoms with van der Waals surface area (Å²) in [5.74, 6) is 0. The van der Waals surface area contributed by atoms with E-state index in [1.165, 1.54) is 42.5 Å². The van der Waals surface area contributed by atoms with Gasteiger partial charge in [-0.05, 0) is 55.5 Å². The summed E-state index contributed by atoms with van der Waals surface area (Å²) in [7, 11) is 0. The second-order valence-electron chi connectivity index (χ2n) is 8.40. The van der Waals surface area contributed by atoms with E-state index in [-0.39, 0.29) is 0 Å². The van der Waals surface area contributed by atoms with Gasteiger partial charge < -0.3 is 4.90 Å². The molecule has 2 aliphatic rings. The first-order chi connectivity index (χ1) is 12.5. The van der Waals surface area contributed by atoms with Crippen molar-refractivity contribution in [1.82, 2.24) is 0 Å². The summed E-state index contributed by atoms with van der Waals surface area (Å²) < 4.78 is 1.14. The summed E-state index contributed by atoms with van der Waals surface area (Å²) >= 11 is 3.66. The van der Waals surface area contributed by atoms with E-state index in [1.807, 2.05) is 19.9 Å². The molecule has 2 aromatic rings. The predicted octanol–water partition coefficient (Wildman–Crippen LogP) is 6.08. The molecule has 0 unspecified atom stereocenters. The fourth-order valence-corrected chi connectivity index (χ4v) is 5.25. The summed E-state index contributed by atoms with van der Waals surface area (Å²) in [5.41, 5.74) is 5.16. The molecule has 1 aliphatic heterocycles. The fraction of sp³-hybridized carbons (Fsp3) is 0.435. The highest BCUT2D eigenvalue weighted by atomic mass is 79.9. The van der Waals surface area contributed by atoms with Gasteiger partial charge in [-0.15, -0.1) is 0 Å². The lowest BCUT2D eigenvalue weighted by atomic mass is 9.81. The van der Waals surface area contributed by atoms with Crippen molar-refractivity contribution in [3.05, 3.63) is 63.6 Å². The Kier molecular flexibility index (Phi) is 4.35. The first-order valence-corrected chi connectivity index (χ1v) is 10.3. The van der Waals surface area contributed by atoms with Gasteiger partial charge in [0.2, 0.25) is 0 Å². The molecule has 0 N–H and O–H groups in total. The third-order valence-electron chi connectivity index (χ3n) is 6.26. The molecule has 0 saturated heterocycles. The van der Waals surface area contributed by atoms with Gasteiger partial charge in [0.15, 0.2) is 0 Å². The van der Waals surface area contributed by atoms with Gasteiger partial charge in [0, 0.05) is 28.7 Å². The Labute approximate surface area is 165 Å². The lowest BCUT2D eigenvalue weighted by Gasteiger charge is -2.28. The molecule has 0 bridgehead atoms. The van der Waals surface area contributed by atoms with Crippen LogP contribution in [0.15, 0.2) is 46.9 Å². The summed E-state index contributed by atoms with van der Waals surface area (Å²) in [4.78, 5) is 2.54. The van der Waals surface area contributed by atoms with Crippen molar-refractivity contribution in [2.45, 2.75) is 56.9 Å². The quantitative estimate of drug-likeness (QED) is 0.614. The number of hydrogen-bond acceptors (Lipinski definition) is 2. The topological polar surface area (TPSA) is 27.0 Å². The van der Waals surface area contributed by atoms with Crippen LogP contribution >= 0.6 is 15.9 Å². The molecule has 0 amide bonds. The van der Waals surface area contributed by atoms with Crippen LogP contribution in [0.5, 0.6) is 0 Å². The zero-order valence-electron chi connectivity index (χ0n) is 15.6. The predicted molar refractivity (Wildman–Crippen MR) is 110 cm³/mol. The number of fused-ring (bicyclic) bond motifs is 2. The standard InChI is InChI=1S/C23H25BrN2/c1-22(2,15-25)19-8-4-3-7-17(19)14-26-16-23(11-5-6-12-23)20-10-9-18(24)13-21(20)26/h3-4,7-10,13H,5-6,11-12,14,16H2,1-2H3. The largest absolute Gasteiger partial charge is 0.366 e. The maximum absolute atomic E-state index is 9.62. The number of nitrogens with zero attached hydrogens (tertiary/aromatic N) is 2. The Morgan fingerprint density at radius 1 is 1.15 bits per heavy atom. The minimum atomic E-state index is -0.471. The number of halogens is 1. The Balaban J connectivity index is 1.73. The maximum atomic E-state index is 9.62. The number of rotatable bonds is 3. The molecule has 1 fully saturated rings. The van der Waals surface area contributed by atoms with E-state index >= 15 is 0 Å². The zero-order chi connectivity index (χ0) is 18.4. The third kappa shape index (κ3) is 2.85. The van der Waals surface area contributed by atoms with E-state index in [1.54, 1.807) is 0 Å². The van der Waals surface area contributed by atoms with Crippen LogP contribution in [0, 0.1) is 11.3 Å². The molecule has 1 heterocycles. The maximum Gasteiger partial charge on any atom is 0.0769 e. The van der Waals surface area contributed by atoms with Gasteiger partial charge in [0.1, 0.15) is 0 Å². The van der Waals surface area contributed by atoms with Crippen molar-refractivity contribution in [1.29, 1.82) is 5.26 Å². The Morgan fingerprint density at radius 2 is 1.88 bits per heavy atom. The molecule has 1 saturated carbocycles. The van der Waals surface area contributed by atoms with Gasteiger partial charge >= 0.3 is 0 Å². The summed E-state index contributed by atoms with van der Waals surface area (Å²) in [6, 6.07) is 17.7. The molecule has 0 atom stereocenters. The molecular weight excluding hydrogens is 384 g/mol. The van der Waals surface area contributed by atoms with Crippen LogP contribution in [0.1, 0.15) is 56.2 Å². The van der Waals surface area contributed by atoms with Crippen LogP contribution in [-0.2, 0) is 17.4 Å². The average Bonchev–Trinajstić information content (AvgIpc) is 3.21. The lowest BCUT2D eigenvalue weighted by molar-refractivity contribution is 0.465. The third-order valence-corrected chi connectivity index (χ3v) is 6.75. The van der Waals surface area contributed by atoms with Crippen molar-refractivity contribution >= 4 is 21.6 Å². The molecule has 3 heteroatoms. The molecule has 2 nitrogen and oxygen atoms in total. The first-order valence-electron chi connectivity index (χ1n) is 9.50. The second kappa shape index (κ2) is 6.43. The minimum absolute atomic E-state index is 0.329. The van der Waals surface area contributed by atoms with E-state index in [0.29, 0.717) is 5.41 Å². The fourth-order valence-electron chi connectivity index (χ4n) is 4.90. The van der Waals surface area contributed by atoms with Gasteiger partial charge in [-0.2, -0.15) is 5.26 Å². The Morgan fingerprint density at radius 3 is 2.62 bits per heavy atom. The molecule has 2 aromatic carbocycles. The highest BCUT2D eigenvalue weighted by Gasteiger charge is 2.44. The van der Waals surface area contributed by atoms with Gasteiger partial charge in [0.05, 0.1) is 11.5 Å². The van der Waals surface area contributed by atoms with E-state index in [2.05, 4.69) is 63.3 Å². The van der Waals surface area contributed by atoms with Gasteiger partial charge in [-0.1, -0.05) is 59.1 Å². The van der Waals surface area contributed by atoms with Crippen LogP contribution in [-0.4, -0.2) is 6.54 Å². The summed E-state index contributed by atoms with van der Waals surface area (Å²) in [6.45, 7) is 5.99. The monoisotopic (exact) mass is 408 g/mol. The SMILES string of the molecule is CC(C)(C#N)c1ccccc1CN1CC2(CCCC2)c2ccc(Br)cc21. The number of hydrogen-bond donors (Lipinski definition) is 0. The molecule has 4 rings (SSSR count). The number of anilines is 1. The first kappa shape index (κ1) is 17.6. The van der Waals surface area contributed by atoms with E-state index in [0.717, 1.165) is 23.1 Å². The highest BCUT2D eigenvalue weighted by molar-refractivity contribution is 9.10.